The van der Waals surface area contributed by atoms with Crippen LogP contribution in [-0.2, 0) is 0 Å². The minimum atomic E-state index is -0.648. The summed E-state index contributed by atoms with van der Waals surface area (Å²) in [4.78, 5) is 0. The highest BCUT2D eigenvalue weighted by molar-refractivity contribution is 6.19. The van der Waals surface area contributed by atoms with Gasteiger partial charge in [-0.05, 0) is 6.42 Å². The molecule has 0 aromatic rings. The minimum absolute atomic E-state index is 0.143. The fraction of sp³-hybridized carbons (Fsp3) is 0.750. The molecule has 0 aliphatic carbocycles. The number of aliphatic hydroxyl groups is 2. The second kappa shape index (κ2) is 6.72. The van der Waals surface area contributed by atoms with Gasteiger partial charge in [0.25, 0.3) is 0 Å². The smallest absolute Gasteiger partial charge is 0.0700 e. The van der Waals surface area contributed by atoms with Crippen LogP contribution in [0.4, 0.5) is 0 Å². The van der Waals surface area contributed by atoms with Crippen molar-refractivity contribution < 1.29 is 10.2 Å². The maximum absolute atomic E-state index is 9.31. The van der Waals surface area contributed by atoms with Gasteiger partial charge in [0.1, 0.15) is 0 Å². The van der Waals surface area contributed by atoms with E-state index in [-0.39, 0.29) is 12.3 Å². The van der Waals surface area contributed by atoms with Gasteiger partial charge >= 0.3 is 0 Å². The molecule has 0 bridgehead atoms. The van der Waals surface area contributed by atoms with Crippen molar-refractivity contribution in [1.82, 2.24) is 0 Å². The van der Waals surface area contributed by atoms with Crippen molar-refractivity contribution >= 4 is 23.2 Å². The van der Waals surface area contributed by atoms with Crippen LogP contribution in [0.25, 0.3) is 0 Å². The van der Waals surface area contributed by atoms with Crippen LogP contribution in [-0.4, -0.2) is 34.2 Å². The molecule has 12 heavy (non-hydrogen) atoms. The summed E-state index contributed by atoms with van der Waals surface area (Å²) in [5.41, 5.74) is 0.769. The Balaban J connectivity index is 3.58. The van der Waals surface area contributed by atoms with Crippen LogP contribution in [0.15, 0.2) is 12.2 Å². The first-order valence-corrected chi connectivity index (χ1v) is 4.81. The molecule has 2 unspecified atom stereocenters. The van der Waals surface area contributed by atoms with E-state index in [0.29, 0.717) is 12.3 Å². The summed E-state index contributed by atoms with van der Waals surface area (Å²) in [5.74, 6) is 0.485. The minimum Gasteiger partial charge on any atom is -0.393 e. The van der Waals surface area contributed by atoms with E-state index in [4.69, 9.17) is 28.3 Å². The van der Waals surface area contributed by atoms with E-state index in [2.05, 4.69) is 6.58 Å². The maximum atomic E-state index is 9.31. The zero-order chi connectivity index (χ0) is 9.56. The van der Waals surface area contributed by atoms with Crippen molar-refractivity contribution in [1.29, 1.82) is 0 Å². The van der Waals surface area contributed by atoms with Crippen LogP contribution in [0.5, 0.6) is 0 Å². The molecule has 2 nitrogen and oxygen atoms in total. The molecule has 0 aliphatic rings. The van der Waals surface area contributed by atoms with Crippen LogP contribution < -0.4 is 0 Å². The van der Waals surface area contributed by atoms with Crippen LogP contribution >= 0.6 is 23.2 Å². The first kappa shape index (κ1) is 12.2. The molecule has 0 radical (unpaired) electrons. The Kier molecular flexibility index (Phi) is 6.86. The fourth-order valence-electron chi connectivity index (χ4n) is 0.848. The average molecular weight is 213 g/mol. The van der Waals surface area contributed by atoms with E-state index in [1.165, 1.54) is 0 Å². The molecule has 0 aromatic heterocycles. The van der Waals surface area contributed by atoms with Gasteiger partial charge in [-0.15, -0.1) is 23.2 Å². The summed E-state index contributed by atoms with van der Waals surface area (Å²) >= 11 is 10.8. The second-order valence-corrected chi connectivity index (χ2v) is 3.36. The molecular weight excluding hydrogens is 199 g/mol. The fourth-order valence-corrected chi connectivity index (χ4v) is 1.08. The van der Waals surface area contributed by atoms with Crippen molar-refractivity contribution in [2.24, 2.45) is 0 Å². The number of halogens is 2. The first-order valence-electron chi connectivity index (χ1n) is 3.74. The van der Waals surface area contributed by atoms with E-state index in [0.717, 1.165) is 5.57 Å². The summed E-state index contributed by atoms with van der Waals surface area (Å²) in [6.45, 7) is 3.64. The normalized spacial score (nSPS) is 15.7. The molecular formula is C8H14Cl2O2. The van der Waals surface area contributed by atoms with Gasteiger partial charge in [-0.2, -0.15) is 0 Å². The Hall–Kier alpha value is 0.240. The zero-order valence-corrected chi connectivity index (χ0v) is 8.35. The highest BCUT2D eigenvalue weighted by Gasteiger charge is 2.11. The molecule has 2 atom stereocenters. The molecule has 0 spiro atoms. The van der Waals surface area contributed by atoms with Crippen molar-refractivity contribution in [2.45, 2.75) is 25.0 Å². The van der Waals surface area contributed by atoms with E-state index >= 15 is 0 Å². The predicted molar refractivity (Wildman–Crippen MR) is 51.8 cm³/mol. The van der Waals surface area contributed by atoms with Crippen LogP contribution in [0.1, 0.15) is 12.8 Å². The largest absolute Gasteiger partial charge is 0.393 e. The predicted octanol–water partition coefficient (Wildman–Crippen LogP) is 1.52. The molecule has 0 aromatic carbocycles. The van der Waals surface area contributed by atoms with Crippen molar-refractivity contribution in [2.75, 3.05) is 11.8 Å². The van der Waals surface area contributed by atoms with Crippen molar-refractivity contribution in [3.63, 3.8) is 0 Å². The van der Waals surface area contributed by atoms with Gasteiger partial charge in [-0.3, -0.25) is 0 Å². The number of aliphatic hydroxyl groups excluding tert-OH is 2. The Morgan fingerprint density at radius 1 is 1.25 bits per heavy atom. The number of hydrogen-bond acceptors (Lipinski definition) is 2. The van der Waals surface area contributed by atoms with E-state index in [9.17, 15) is 5.11 Å². The molecule has 2 N–H and O–H groups in total. The lowest BCUT2D eigenvalue weighted by Crippen LogP contribution is -2.19. The monoisotopic (exact) mass is 212 g/mol. The standard InChI is InChI=1S/C8H14Cl2O2/c1-6(4-9)2-7(11)3-8(12)5-10/h7-8,11-12H,1-5H2. The number of rotatable bonds is 6. The lowest BCUT2D eigenvalue weighted by molar-refractivity contribution is 0.0926. The van der Waals surface area contributed by atoms with Gasteiger partial charge in [0.15, 0.2) is 0 Å². The summed E-state index contributed by atoms with van der Waals surface area (Å²) in [6.07, 6.45) is -0.536. The molecule has 0 amide bonds. The Morgan fingerprint density at radius 3 is 2.25 bits per heavy atom. The molecule has 0 saturated carbocycles. The van der Waals surface area contributed by atoms with Gasteiger partial charge in [-0.1, -0.05) is 12.2 Å². The summed E-state index contributed by atoms with van der Waals surface area (Å²) in [5, 5.41) is 18.4. The molecule has 0 aliphatic heterocycles. The zero-order valence-electron chi connectivity index (χ0n) is 6.84. The van der Waals surface area contributed by atoms with Crippen LogP contribution in [0.3, 0.4) is 0 Å². The van der Waals surface area contributed by atoms with Gasteiger partial charge in [0.2, 0.25) is 0 Å². The third-order valence-corrected chi connectivity index (χ3v) is 2.17. The Morgan fingerprint density at radius 2 is 1.83 bits per heavy atom. The molecule has 0 saturated heterocycles. The van der Waals surface area contributed by atoms with E-state index in [1.807, 2.05) is 0 Å². The maximum Gasteiger partial charge on any atom is 0.0700 e. The topological polar surface area (TPSA) is 40.5 Å². The summed E-state index contributed by atoms with van der Waals surface area (Å²) in [7, 11) is 0. The Labute approximate surface area is 82.8 Å². The van der Waals surface area contributed by atoms with Gasteiger partial charge in [0, 0.05) is 18.2 Å². The lowest BCUT2D eigenvalue weighted by atomic mass is 10.1. The lowest BCUT2D eigenvalue weighted by Gasteiger charge is -2.13. The van der Waals surface area contributed by atoms with E-state index in [1.54, 1.807) is 0 Å². The first-order chi connectivity index (χ1) is 5.60. The molecule has 4 heteroatoms. The van der Waals surface area contributed by atoms with Crippen LogP contribution in [0.2, 0.25) is 0 Å². The molecule has 72 valence electrons. The molecule has 0 heterocycles. The van der Waals surface area contributed by atoms with Crippen molar-refractivity contribution in [3.05, 3.63) is 12.2 Å². The van der Waals surface area contributed by atoms with Gasteiger partial charge in [0.05, 0.1) is 12.2 Å². The second-order valence-electron chi connectivity index (χ2n) is 2.79. The third kappa shape index (κ3) is 5.84. The quantitative estimate of drug-likeness (QED) is 0.518. The average Bonchev–Trinajstić information content (AvgIpc) is 2.03. The summed E-state index contributed by atoms with van der Waals surface area (Å²) in [6, 6.07) is 0. The highest BCUT2D eigenvalue weighted by Crippen LogP contribution is 2.10. The number of hydrogen-bond donors (Lipinski definition) is 2. The van der Waals surface area contributed by atoms with Crippen LogP contribution in [0, 0.1) is 0 Å². The van der Waals surface area contributed by atoms with Gasteiger partial charge < -0.3 is 10.2 Å². The number of alkyl halides is 2. The SMILES string of the molecule is C=C(CCl)CC(O)CC(O)CCl. The third-order valence-electron chi connectivity index (χ3n) is 1.44. The van der Waals surface area contributed by atoms with E-state index < -0.39 is 12.2 Å². The highest BCUT2D eigenvalue weighted by atomic mass is 35.5. The summed E-state index contributed by atoms with van der Waals surface area (Å²) < 4.78 is 0. The molecule has 0 fully saturated rings. The van der Waals surface area contributed by atoms with Crippen molar-refractivity contribution in [3.8, 4) is 0 Å². The molecule has 0 rings (SSSR count). The van der Waals surface area contributed by atoms with Gasteiger partial charge in [-0.25, -0.2) is 0 Å². The Bertz CT molecular complexity index is 139.